The maximum atomic E-state index is 4.96. The van der Waals surface area contributed by atoms with Gasteiger partial charge in [-0.3, -0.25) is 4.98 Å². The molecule has 0 aliphatic carbocycles. The van der Waals surface area contributed by atoms with E-state index in [1.165, 1.54) is 0 Å². The highest BCUT2D eigenvalue weighted by atomic mass is 32.1. The molecule has 0 bridgehead atoms. The molecule has 1 N–H and O–H groups in total. The molecule has 2 aromatic rings. The van der Waals surface area contributed by atoms with Crippen molar-refractivity contribution >= 4 is 12.2 Å². The van der Waals surface area contributed by atoms with Crippen molar-refractivity contribution in [1.82, 2.24) is 25.2 Å². The van der Waals surface area contributed by atoms with Gasteiger partial charge < -0.3 is 0 Å². The van der Waals surface area contributed by atoms with Gasteiger partial charge in [0.15, 0.2) is 0 Å². The van der Waals surface area contributed by atoms with E-state index in [9.17, 15) is 0 Å². The number of hydrogen-bond acceptors (Lipinski definition) is 4. The lowest BCUT2D eigenvalue weighted by molar-refractivity contribution is 0.779. The second-order valence-corrected chi connectivity index (χ2v) is 2.95. The monoisotopic (exact) mass is 193 g/mol. The minimum absolute atomic E-state index is 0.399. The molecule has 5 nitrogen and oxygen atoms in total. The highest BCUT2D eigenvalue weighted by Crippen LogP contribution is 2.09. The summed E-state index contributed by atoms with van der Waals surface area (Å²) < 4.78 is 2.01. The van der Waals surface area contributed by atoms with Crippen molar-refractivity contribution in [3.63, 3.8) is 0 Å². The molecule has 2 heterocycles. The van der Waals surface area contributed by atoms with Gasteiger partial charge >= 0.3 is 0 Å². The molecule has 0 radical (unpaired) electrons. The Bertz CT molecular complexity index is 471. The Kier molecular flexibility index (Phi) is 1.90. The number of tetrazole rings is 1. The average Bonchev–Trinajstić information content (AvgIpc) is 2.52. The number of hydrogen-bond donors (Lipinski definition) is 1. The van der Waals surface area contributed by atoms with Crippen molar-refractivity contribution in [2.45, 2.75) is 6.92 Å². The third-order valence-corrected chi connectivity index (χ3v) is 1.99. The summed E-state index contributed by atoms with van der Waals surface area (Å²) in [6.45, 7) is 1.97. The number of rotatable bonds is 1. The SMILES string of the molecule is Cc1ccncc1-n1[nH]nnc1=S. The Hall–Kier alpha value is -1.56. The second kappa shape index (κ2) is 3.06. The Balaban J connectivity index is 2.66. The van der Waals surface area contributed by atoms with E-state index >= 15 is 0 Å². The van der Waals surface area contributed by atoms with E-state index in [2.05, 4.69) is 20.5 Å². The first-order valence-corrected chi connectivity index (χ1v) is 4.11. The van der Waals surface area contributed by atoms with E-state index < -0.39 is 0 Å². The van der Waals surface area contributed by atoms with Gasteiger partial charge in [-0.15, -0.1) is 0 Å². The largest absolute Gasteiger partial charge is 0.262 e. The molecule has 2 rings (SSSR count). The summed E-state index contributed by atoms with van der Waals surface area (Å²) in [7, 11) is 0. The number of nitrogens with one attached hydrogen (secondary N) is 1. The van der Waals surface area contributed by atoms with E-state index in [1.54, 1.807) is 17.1 Å². The van der Waals surface area contributed by atoms with Crippen molar-refractivity contribution in [2.24, 2.45) is 0 Å². The topological polar surface area (TPSA) is 59.4 Å². The van der Waals surface area contributed by atoms with E-state index in [0.717, 1.165) is 11.3 Å². The first-order chi connectivity index (χ1) is 6.29. The predicted octanol–water partition coefficient (Wildman–Crippen LogP) is 1.03. The van der Waals surface area contributed by atoms with Gasteiger partial charge in [0, 0.05) is 6.20 Å². The van der Waals surface area contributed by atoms with Gasteiger partial charge in [0.2, 0.25) is 4.77 Å². The summed E-state index contributed by atoms with van der Waals surface area (Å²) >= 11 is 4.96. The Morgan fingerprint density at radius 2 is 2.38 bits per heavy atom. The van der Waals surface area contributed by atoms with Crippen LogP contribution in [0.4, 0.5) is 0 Å². The molecule has 0 aliphatic rings. The highest BCUT2D eigenvalue weighted by Gasteiger charge is 2.02. The Morgan fingerprint density at radius 1 is 1.54 bits per heavy atom. The fraction of sp³-hybridized carbons (Fsp3) is 0.143. The van der Waals surface area contributed by atoms with Crippen LogP contribution in [-0.4, -0.2) is 25.2 Å². The minimum Gasteiger partial charge on any atom is -0.262 e. The molecular formula is C7H7N5S. The first kappa shape index (κ1) is 8.06. The number of aromatic amines is 1. The van der Waals surface area contributed by atoms with Gasteiger partial charge in [-0.25, -0.2) is 4.68 Å². The molecule has 0 spiro atoms. The van der Waals surface area contributed by atoms with Crippen molar-refractivity contribution < 1.29 is 0 Å². The average molecular weight is 193 g/mol. The van der Waals surface area contributed by atoms with Gasteiger partial charge in [-0.2, -0.15) is 5.21 Å². The van der Waals surface area contributed by atoms with Crippen LogP contribution in [0.25, 0.3) is 5.69 Å². The second-order valence-electron chi connectivity index (χ2n) is 2.58. The van der Waals surface area contributed by atoms with Crippen LogP contribution in [-0.2, 0) is 0 Å². The molecule has 0 aromatic carbocycles. The summed E-state index contributed by atoms with van der Waals surface area (Å²) in [6, 6.07) is 1.90. The summed E-state index contributed by atoms with van der Waals surface area (Å²) in [5, 5.41) is 9.95. The molecule has 0 unspecified atom stereocenters. The van der Waals surface area contributed by atoms with Gasteiger partial charge in [0.05, 0.1) is 11.9 Å². The number of aryl methyl sites for hydroxylation is 1. The van der Waals surface area contributed by atoms with E-state index in [0.29, 0.717) is 4.77 Å². The molecule has 66 valence electrons. The van der Waals surface area contributed by atoms with Gasteiger partial charge in [-0.1, -0.05) is 10.3 Å². The van der Waals surface area contributed by atoms with Gasteiger partial charge in [0.25, 0.3) is 0 Å². The minimum atomic E-state index is 0.399. The van der Waals surface area contributed by atoms with Crippen molar-refractivity contribution in [2.75, 3.05) is 0 Å². The zero-order chi connectivity index (χ0) is 9.26. The fourth-order valence-corrected chi connectivity index (χ4v) is 1.22. The molecule has 13 heavy (non-hydrogen) atoms. The smallest absolute Gasteiger partial charge is 0.242 e. The van der Waals surface area contributed by atoms with Crippen LogP contribution < -0.4 is 0 Å². The lowest BCUT2D eigenvalue weighted by atomic mass is 10.2. The van der Waals surface area contributed by atoms with Crippen LogP contribution in [0.3, 0.4) is 0 Å². The van der Waals surface area contributed by atoms with Crippen molar-refractivity contribution in [1.29, 1.82) is 0 Å². The number of H-pyrrole nitrogens is 1. The number of aromatic nitrogens is 5. The maximum absolute atomic E-state index is 4.96. The quantitative estimate of drug-likeness (QED) is 0.687. The lowest BCUT2D eigenvalue weighted by Crippen LogP contribution is -1.99. The molecule has 0 fully saturated rings. The Labute approximate surface area is 79.4 Å². The summed E-state index contributed by atoms with van der Waals surface area (Å²) in [6.07, 6.45) is 3.44. The number of nitrogens with zero attached hydrogens (tertiary/aromatic N) is 4. The summed E-state index contributed by atoms with van der Waals surface area (Å²) in [5.41, 5.74) is 1.94. The van der Waals surface area contributed by atoms with Crippen LogP contribution in [0.5, 0.6) is 0 Å². The van der Waals surface area contributed by atoms with Crippen LogP contribution in [0.1, 0.15) is 5.56 Å². The summed E-state index contributed by atoms with van der Waals surface area (Å²) in [5.74, 6) is 0. The van der Waals surface area contributed by atoms with E-state index in [1.807, 2.05) is 13.0 Å². The van der Waals surface area contributed by atoms with E-state index in [-0.39, 0.29) is 0 Å². The van der Waals surface area contributed by atoms with E-state index in [4.69, 9.17) is 12.2 Å². The standard InChI is InChI=1S/C7H7N5S/c1-5-2-3-8-4-6(5)12-7(13)9-10-11-12/h2-4H,1H3,(H,9,11,13). The molecular weight excluding hydrogens is 186 g/mol. The third-order valence-electron chi connectivity index (χ3n) is 1.72. The van der Waals surface area contributed by atoms with Crippen molar-refractivity contribution in [3.8, 4) is 5.69 Å². The molecule has 0 atom stereocenters. The van der Waals surface area contributed by atoms with Crippen molar-refractivity contribution in [3.05, 3.63) is 28.8 Å². The zero-order valence-electron chi connectivity index (χ0n) is 6.93. The lowest BCUT2D eigenvalue weighted by Gasteiger charge is -2.02. The molecule has 0 aliphatic heterocycles. The normalized spacial score (nSPS) is 10.2. The predicted molar refractivity (Wildman–Crippen MR) is 49.1 cm³/mol. The molecule has 2 aromatic heterocycles. The van der Waals surface area contributed by atoms with Crippen LogP contribution in [0.15, 0.2) is 18.5 Å². The molecule has 0 saturated heterocycles. The zero-order valence-corrected chi connectivity index (χ0v) is 7.75. The third kappa shape index (κ3) is 1.35. The summed E-state index contributed by atoms with van der Waals surface area (Å²) in [4.78, 5) is 4.00. The first-order valence-electron chi connectivity index (χ1n) is 3.70. The fourth-order valence-electron chi connectivity index (χ4n) is 1.04. The van der Waals surface area contributed by atoms with Crippen LogP contribution >= 0.6 is 12.2 Å². The number of pyridine rings is 1. The molecule has 0 amide bonds. The molecule has 6 heteroatoms. The molecule has 0 saturated carbocycles. The van der Waals surface area contributed by atoms with Crippen LogP contribution in [0.2, 0.25) is 0 Å². The van der Waals surface area contributed by atoms with Crippen LogP contribution in [0, 0.1) is 11.7 Å². The highest BCUT2D eigenvalue weighted by molar-refractivity contribution is 7.71. The maximum Gasteiger partial charge on any atom is 0.242 e. The van der Waals surface area contributed by atoms with Gasteiger partial charge in [0.1, 0.15) is 0 Å². The van der Waals surface area contributed by atoms with Gasteiger partial charge in [-0.05, 0) is 30.8 Å². The Morgan fingerprint density at radius 3 is 3.00 bits per heavy atom.